The van der Waals surface area contributed by atoms with Crippen LogP contribution < -0.4 is 5.32 Å². The van der Waals surface area contributed by atoms with Gasteiger partial charge in [-0.05, 0) is 55.8 Å². The van der Waals surface area contributed by atoms with E-state index in [9.17, 15) is 0 Å². The zero-order chi connectivity index (χ0) is 14.5. The van der Waals surface area contributed by atoms with Gasteiger partial charge in [0.25, 0.3) is 0 Å². The summed E-state index contributed by atoms with van der Waals surface area (Å²) in [6.45, 7) is 4.31. The summed E-state index contributed by atoms with van der Waals surface area (Å²) in [6, 6.07) is 15.0. The molecule has 0 saturated heterocycles. The molecule has 20 heavy (non-hydrogen) atoms. The van der Waals surface area contributed by atoms with Crippen LogP contribution in [0.1, 0.15) is 22.7 Å². The van der Waals surface area contributed by atoms with E-state index in [0.29, 0.717) is 6.04 Å². The largest absolute Gasteiger partial charge is 0.312 e. The molecule has 106 valence electrons. The third-order valence-corrected chi connectivity index (χ3v) is 4.82. The van der Waals surface area contributed by atoms with Gasteiger partial charge >= 0.3 is 0 Å². The molecule has 0 amide bonds. The van der Waals surface area contributed by atoms with Crippen molar-refractivity contribution in [2.24, 2.45) is 0 Å². The van der Waals surface area contributed by atoms with Crippen molar-refractivity contribution in [1.29, 1.82) is 0 Å². The SMILES string of the molecule is CNC(CSc1cccc(Cl)c1)c1ccc(C)c(C)c1. The van der Waals surface area contributed by atoms with Crippen molar-refractivity contribution in [2.45, 2.75) is 24.8 Å². The summed E-state index contributed by atoms with van der Waals surface area (Å²) < 4.78 is 0. The minimum atomic E-state index is 0.346. The second-order valence-electron chi connectivity index (χ2n) is 4.95. The van der Waals surface area contributed by atoms with Gasteiger partial charge in [0.1, 0.15) is 0 Å². The number of benzene rings is 2. The monoisotopic (exact) mass is 305 g/mol. The highest BCUT2D eigenvalue weighted by Crippen LogP contribution is 2.27. The van der Waals surface area contributed by atoms with E-state index >= 15 is 0 Å². The van der Waals surface area contributed by atoms with Crippen LogP contribution in [0, 0.1) is 13.8 Å². The highest BCUT2D eigenvalue weighted by Gasteiger charge is 2.10. The fourth-order valence-corrected chi connectivity index (χ4v) is 3.42. The van der Waals surface area contributed by atoms with Crippen LogP contribution in [0.4, 0.5) is 0 Å². The Morgan fingerprint density at radius 1 is 1.10 bits per heavy atom. The Morgan fingerprint density at radius 3 is 2.55 bits per heavy atom. The van der Waals surface area contributed by atoms with Crippen molar-refractivity contribution in [2.75, 3.05) is 12.8 Å². The predicted octanol–water partition coefficient (Wildman–Crippen LogP) is 5.01. The van der Waals surface area contributed by atoms with E-state index in [0.717, 1.165) is 10.8 Å². The highest BCUT2D eigenvalue weighted by atomic mass is 35.5. The van der Waals surface area contributed by atoms with Gasteiger partial charge in [-0.1, -0.05) is 35.9 Å². The molecule has 0 aliphatic rings. The summed E-state index contributed by atoms with van der Waals surface area (Å²) in [5, 5.41) is 4.19. The molecule has 0 aromatic heterocycles. The van der Waals surface area contributed by atoms with Crippen LogP contribution in [-0.2, 0) is 0 Å². The molecule has 3 heteroatoms. The molecule has 0 spiro atoms. The number of halogens is 1. The van der Waals surface area contributed by atoms with Gasteiger partial charge < -0.3 is 5.32 Å². The molecule has 0 saturated carbocycles. The van der Waals surface area contributed by atoms with Crippen molar-refractivity contribution >= 4 is 23.4 Å². The van der Waals surface area contributed by atoms with Gasteiger partial charge in [-0.3, -0.25) is 0 Å². The van der Waals surface area contributed by atoms with Crippen molar-refractivity contribution in [3.63, 3.8) is 0 Å². The maximum Gasteiger partial charge on any atom is 0.0417 e. The van der Waals surface area contributed by atoms with Crippen LogP contribution >= 0.6 is 23.4 Å². The fourth-order valence-electron chi connectivity index (χ4n) is 2.06. The minimum Gasteiger partial charge on any atom is -0.312 e. The summed E-state index contributed by atoms with van der Waals surface area (Å²) >= 11 is 7.85. The Hall–Kier alpha value is -0.960. The Bertz CT molecular complexity index is 583. The van der Waals surface area contributed by atoms with Crippen LogP contribution in [0.3, 0.4) is 0 Å². The second kappa shape index (κ2) is 7.16. The molecule has 0 heterocycles. The second-order valence-corrected chi connectivity index (χ2v) is 6.48. The smallest absolute Gasteiger partial charge is 0.0417 e. The summed E-state index contributed by atoms with van der Waals surface area (Å²) in [4.78, 5) is 1.21. The zero-order valence-corrected chi connectivity index (χ0v) is 13.7. The molecule has 0 aliphatic carbocycles. The van der Waals surface area contributed by atoms with Gasteiger partial charge in [0.2, 0.25) is 0 Å². The van der Waals surface area contributed by atoms with Gasteiger partial charge in [-0.15, -0.1) is 11.8 Å². The summed E-state index contributed by atoms with van der Waals surface area (Å²) in [5.74, 6) is 0.985. The van der Waals surface area contributed by atoms with E-state index in [1.54, 1.807) is 0 Å². The number of hydrogen-bond donors (Lipinski definition) is 1. The highest BCUT2D eigenvalue weighted by molar-refractivity contribution is 7.99. The van der Waals surface area contributed by atoms with E-state index in [4.69, 9.17) is 11.6 Å². The topological polar surface area (TPSA) is 12.0 Å². The van der Waals surface area contributed by atoms with Gasteiger partial charge in [0.15, 0.2) is 0 Å². The summed E-state index contributed by atoms with van der Waals surface area (Å²) in [5.41, 5.74) is 4.02. The Morgan fingerprint density at radius 2 is 1.90 bits per heavy atom. The summed E-state index contributed by atoms with van der Waals surface area (Å²) in [7, 11) is 2.01. The number of nitrogens with one attached hydrogen (secondary N) is 1. The van der Waals surface area contributed by atoms with Crippen LogP contribution in [0.2, 0.25) is 5.02 Å². The molecule has 0 bridgehead atoms. The average molecular weight is 306 g/mol. The van der Waals surface area contributed by atoms with Gasteiger partial charge in [-0.25, -0.2) is 0 Å². The lowest BCUT2D eigenvalue weighted by Gasteiger charge is -2.17. The zero-order valence-electron chi connectivity index (χ0n) is 12.1. The first kappa shape index (κ1) is 15.4. The standard InChI is InChI=1S/C17H20ClNS/c1-12-7-8-14(9-13(12)2)17(19-3)11-20-16-6-4-5-15(18)10-16/h4-10,17,19H,11H2,1-3H3. The lowest BCUT2D eigenvalue weighted by molar-refractivity contribution is 0.661. The van der Waals surface area contributed by atoms with Crippen molar-refractivity contribution in [3.05, 3.63) is 64.2 Å². The Balaban J connectivity index is 2.07. The van der Waals surface area contributed by atoms with Crippen LogP contribution in [0.15, 0.2) is 47.4 Å². The molecule has 2 aromatic rings. The van der Waals surface area contributed by atoms with Crippen LogP contribution in [-0.4, -0.2) is 12.8 Å². The molecular formula is C17H20ClNS. The number of aryl methyl sites for hydroxylation is 2. The number of rotatable bonds is 5. The minimum absolute atomic E-state index is 0.346. The van der Waals surface area contributed by atoms with E-state index in [1.807, 2.05) is 37.0 Å². The first-order valence-electron chi connectivity index (χ1n) is 6.73. The van der Waals surface area contributed by atoms with E-state index < -0.39 is 0 Å². The van der Waals surface area contributed by atoms with E-state index in [1.165, 1.54) is 21.6 Å². The molecule has 0 radical (unpaired) electrons. The number of hydrogen-bond acceptors (Lipinski definition) is 2. The molecular weight excluding hydrogens is 286 g/mol. The van der Waals surface area contributed by atoms with E-state index in [2.05, 4.69) is 43.4 Å². The predicted molar refractivity (Wildman–Crippen MR) is 89.9 cm³/mol. The quantitative estimate of drug-likeness (QED) is 0.779. The lowest BCUT2D eigenvalue weighted by Crippen LogP contribution is -2.18. The van der Waals surface area contributed by atoms with Crippen molar-refractivity contribution < 1.29 is 0 Å². The molecule has 1 atom stereocenters. The first-order valence-corrected chi connectivity index (χ1v) is 8.09. The van der Waals surface area contributed by atoms with Gasteiger partial charge in [0.05, 0.1) is 0 Å². The van der Waals surface area contributed by atoms with Crippen molar-refractivity contribution in [3.8, 4) is 0 Å². The molecule has 1 N–H and O–H groups in total. The fraction of sp³-hybridized carbons (Fsp3) is 0.294. The van der Waals surface area contributed by atoms with Gasteiger partial charge in [-0.2, -0.15) is 0 Å². The third-order valence-electron chi connectivity index (χ3n) is 3.49. The Kier molecular flexibility index (Phi) is 5.53. The van der Waals surface area contributed by atoms with Crippen LogP contribution in [0.5, 0.6) is 0 Å². The third kappa shape index (κ3) is 4.02. The van der Waals surface area contributed by atoms with Crippen LogP contribution in [0.25, 0.3) is 0 Å². The maximum atomic E-state index is 6.02. The molecule has 0 aliphatic heterocycles. The average Bonchev–Trinajstić information content (AvgIpc) is 2.43. The van der Waals surface area contributed by atoms with Gasteiger partial charge in [0, 0.05) is 21.7 Å². The molecule has 1 nitrogen and oxygen atoms in total. The van der Waals surface area contributed by atoms with Crippen molar-refractivity contribution in [1.82, 2.24) is 5.32 Å². The normalized spacial score (nSPS) is 12.4. The van der Waals surface area contributed by atoms with E-state index in [-0.39, 0.29) is 0 Å². The lowest BCUT2D eigenvalue weighted by atomic mass is 10.0. The molecule has 1 unspecified atom stereocenters. The molecule has 0 fully saturated rings. The summed E-state index contributed by atoms with van der Waals surface area (Å²) in [6.07, 6.45) is 0. The molecule has 2 rings (SSSR count). The first-order chi connectivity index (χ1) is 9.60. The molecule has 2 aromatic carbocycles. The Labute approximate surface area is 130 Å². The maximum absolute atomic E-state index is 6.02. The number of thioether (sulfide) groups is 1.